The van der Waals surface area contributed by atoms with Gasteiger partial charge in [0.15, 0.2) is 0 Å². The van der Waals surface area contributed by atoms with E-state index in [0.717, 1.165) is 43.6 Å². The second-order valence-corrected chi connectivity index (χ2v) is 5.77. The van der Waals surface area contributed by atoms with Crippen molar-refractivity contribution in [1.82, 2.24) is 5.32 Å². The molecule has 2 nitrogen and oxygen atoms in total. The lowest BCUT2D eigenvalue weighted by Gasteiger charge is -2.18. The molecule has 0 radical (unpaired) electrons. The highest BCUT2D eigenvalue weighted by atomic mass is 79.9. The second-order valence-electron chi connectivity index (χ2n) is 4.86. The molecular weight excluding hydrogens is 302 g/mol. The summed E-state index contributed by atoms with van der Waals surface area (Å²) >= 11 is 3.55. The van der Waals surface area contributed by atoms with Crippen molar-refractivity contribution >= 4 is 15.9 Å². The highest BCUT2D eigenvalue weighted by Crippen LogP contribution is 2.22. The molecule has 0 amide bonds. The number of benzene rings is 1. The third kappa shape index (κ3) is 7.09. The van der Waals surface area contributed by atoms with Gasteiger partial charge >= 0.3 is 0 Å². The minimum Gasteiger partial charge on any atom is -0.381 e. The summed E-state index contributed by atoms with van der Waals surface area (Å²) < 4.78 is 6.78. The van der Waals surface area contributed by atoms with E-state index in [1.807, 2.05) is 0 Å². The number of halogens is 1. The Morgan fingerprint density at radius 1 is 1.21 bits per heavy atom. The molecule has 0 aliphatic heterocycles. The minimum atomic E-state index is 0.529. The van der Waals surface area contributed by atoms with Gasteiger partial charge < -0.3 is 10.1 Å². The van der Waals surface area contributed by atoms with Crippen molar-refractivity contribution in [2.24, 2.45) is 0 Å². The molecule has 108 valence electrons. The summed E-state index contributed by atoms with van der Waals surface area (Å²) in [4.78, 5) is 0. The minimum absolute atomic E-state index is 0.529. The Hall–Kier alpha value is -0.380. The number of nitrogens with one attached hydrogen (secondary N) is 1. The first kappa shape index (κ1) is 16.7. The van der Waals surface area contributed by atoms with Crippen LogP contribution in [0.15, 0.2) is 28.7 Å². The normalized spacial score (nSPS) is 12.6. The molecule has 0 fully saturated rings. The van der Waals surface area contributed by atoms with E-state index in [2.05, 4.69) is 59.4 Å². The topological polar surface area (TPSA) is 21.3 Å². The van der Waals surface area contributed by atoms with Crippen molar-refractivity contribution in [3.05, 3.63) is 34.3 Å². The highest BCUT2D eigenvalue weighted by molar-refractivity contribution is 9.10. The molecule has 0 saturated heterocycles. The van der Waals surface area contributed by atoms with Crippen LogP contribution in [0, 0.1) is 0 Å². The molecule has 0 aliphatic rings. The zero-order valence-electron chi connectivity index (χ0n) is 12.1. The molecular formula is C16H26BrNO. The van der Waals surface area contributed by atoms with Gasteiger partial charge in [0.25, 0.3) is 0 Å². The molecule has 0 aliphatic carbocycles. The zero-order valence-corrected chi connectivity index (χ0v) is 13.7. The van der Waals surface area contributed by atoms with Crippen LogP contribution in [0.3, 0.4) is 0 Å². The van der Waals surface area contributed by atoms with Crippen LogP contribution in [0.4, 0.5) is 0 Å². The molecule has 1 aromatic rings. The van der Waals surface area contributed by atoms with Crippen molar-refractivity contribution in [2.45, 2.75) is 39.0 Å². The largest absolute Gasteiger partial charge is 0.381 e. The van der Waals surface area contributed by atoms with Crippen LogP contribution in [0.1, 0.15) is 44.6 Å². The van der Waals surface area contributed by atoms with E-state index in [4.69, 9.17) is 4.74 Å². The summed E-state index contributed by atoms with van der Waals surface area (Å²) in [6.45, 7) is 8.17. The van der Waals surface area contributed by atoms with Gasteiger partial charge in [-0.15, -0.1) is 0 Å². The molecule has 1 N–H and O–H groups in total. The SMILES string of the molecule is CCCNCC(CCOCCC)c1cccc(Br)c1. The van der Waals surface area contributed by atoms with Crippen molar-refractivity contribution in [3.63, 3.8) is 0 Å². The van der Waals surface area contributed by atoms with Crippen molar-refractivity contribution in [1.29, 1.82) is 0 Å². The smallest absolute Gasteiger partial charge is 0.0472 e. The second kappa shape index (κ2) is 10.4. The van der Waals surface area contributed by atoms with Crippen molar-refractivity contribution < 1.29 is 4.74 Å². The van der Waals surface area contributed by atoms with Crippen LogP contribution in [0.25, 0.3) is 0 Å². The van der Waals surface area contributed by atoms with Gasteiger partial charge in [0.05, 0.1) is 0 Å². The molecule has 0 aromatic heterocycles. The molecule has 1 atom stereocenters. The van der Waals surface area contributed by atoms with Crippen LogP contribution in [0.2, 0.25) is 0 Å². The molecule has 0 bridgehead atoms. The molecule has 0 spiro atoms. The quantitative estimate of drug-likeness (QED) is 0.645. The third-order valence-corrected chi connectivity index (χ3v) is 3.59. The molecule has 1 aromatic carbocycles. The number of ether oxygens (including phenoxy) is 1. The van der Waals surface area contributed by atoms with Crippen LogP contribution in [-0.2, 0) is 4.74 Å². The molecule has 0 saturated carbocycles. The highest BCUT2D eigenvalue weighted by Gasteiger charge is 2.11. The number of hydrogen-bond donors (Lipinski definition) is 1. The lowest BCUT2D eigenvalue weighted by Crippen LogP contribution is -2.23. The lowest BCUT2D eigenvalue weighted by atomic mass is 9.96. The van der Waals surface area contributed by atoms with E-state index in [1.165, 1.54) is 12.0 Å². The summed E-state index contributed by atoms with van der Waals surface area (Å²) in [5.41, 5.74) is 1.39. The van der Waals surface area contributed by atoms with Gasteiger partial charge in [-0.2, -0.15) is 0 Å². The fourth-order valence-electron chi connectivity index (χ4n) is 2.07. The van der Waals surface area contributed by atoms with Gasteiger partial charge in [-0.3, -0.25) is 0 Å². The Labute approximate surface area is 126 Å². The van der Waals surface area contributed by atoms with Gasteiger partial charge in [0.1, 0.15) is 0 Å². The monoisotopic (exact) mass is 327 g/mol. The maximum absolute atomic E-state index is 5.63. The van der Waals surface area contributed by atoms with Crippen LogP contribution in [0.5, 0.6) is 0 Å². The average molecular weight is 328 g/mol. The lowest BCUT2D eigenvalue weighted by molar-refractivity contribution is 0.127. The van der Waals surface area contributed by atoms with E-state index >= 15 is 0 Å². The van der Waals surface area contributed by atoms with Crippen LogP contribution in [-0.4, -0.2) is 26.3 Å². The molecule has 0 heterocycles. The standard InChI is InChI=1S/C16H26BrNO/c1-3-9-18-13-15(8-11-19-10-4-2)14-6-5-7-16(17)12-14/h5-7,12,15,18H,3-4,8-11,13H2,1-2H3. The summed E-state index contributed by atoms with van der Waals surface area (Å²) in [5, 5.41) is 3.52. The molecule has 3 heteroatoms. The van der Waals surface area contributed by atoms with E-state index in [0.29, 0.717) is 5.92 Å². The Morgan fingerprint density at radius 3 is 2.74 bits per heavy atom. The zero-order chi connectivity index (χ0) is 13.9. The Bertz CT molecular complexity index is 343. The maximum atomic E-state index is 5.63. The number of hydrogen-bond acceptors (Lipinski definition) is 2. The van der Waals surface area contributed by atoms with Gasteiger partial charge in [-0.25, -0.2) is 0 Å². The maximum Gasteiger partial charge on any atom is 0.0472 e. The fraction of sp³-hybridized carbons (Fsp3) is 0.625. The van der Waals surface area contributed by atoms with Gasteiger partial charge in [-0.05, 0) is 49.4 Å². The van der Waals surface area contributed by atoms with E-state index in [1.54, 1.807) is 0 Å². The molecule has 1 rings (SSSR count). The van der Waals surface area contributed by atoms with Gasteiger partial charge in [0.2, 0.25) is 0 Å². The first-order chi connectivity index (χ1) is 9.27. The summed E-state index contributed by atoms with van der Waals surface area (Å²) in [6.07, 6.45) is 3.35. The van der Waals surface area contributed by atoms with Gasteiger partial charge in [0, 0.05) is 24.2 Å². The predicted molar refractivity (Wildman–Crippen MR) is 85.8 cm³/mol. The van der Waals surface area contributed by atoms with E-state index in [-0.39, 0.29) is 0 Å². The predicted octanol–water partition coefficient (Wildman–Crippen LogP) is 4.35. The Balaban J connectivity index is 2.52. The van der Waals surface area contributed by atoms with Crippen molar-refractivity contribution in [2.75, 3.05) is 26.3 Å². The number of rotatable bonds is 10. The summed E-state index contributed by atoms with van der Waals surface area (Å²) in [5.74, 6) is 0.529. The Kier molecular flexibility index (Phi) is 9.14. The van der Waals surface area contributed by atoms with Crippen LogP contribution >= 0.6 is 15.9 Å². The van der Waals surface area contributed by atoms with E-state index < -0.39 is 0 Å². The summed E-state index contributed by atoms with van der Waals surface area (Å²) in [6, 6.07) is 8.62. The Morgan fingerprint density at radius 2 is 2.05 bits per heavy atom. The average Bonchev–Trinajstić information content (AvgIpc) is 2.41. The fourth-order valence-corrected chi connectivity index (χ4v) is 2.49. The molecule has 1 unspecified atom stereocenters. The third-order valence-electron chi connectivity index (χ3n) is 3.10. The molecule has 19 heavy (non-hydrogen) atoms. The van der Waals surface area contributed by atoms with Gasteiger partial charge in [-0.1, -0.05) is 41.9 Å². The summed E-state index contributed by atoms with van der Waals surface area (Å²) in [7, 11) is 0. The van der Waals surface area contributed by atoms with Crippen molar-refractivity contribution in [3.8, 4) is 0 Å². The van der Waals surface area contributed by atoms with Crippen LogP contribution < -0.4 is 5.32 Å². The van der Waals surface area contributed by atoms with E-state index in [9.17, 15) is 0 Å². The first-order valence-electron chi connectivity index (χ1n) is 7.31. The first-order valence-corrected chi connectivity index (χ1v) is 8.11.